The van der Waals surface area contributed by atoms with Gasteiger partial charge in [-0.3, -0.25) is 0 Å². The third-order valence-electron chi connectivity index (χ3n) is 8.23. The molecule has 4 unspecified atom stereocenters. The van der Waals surface area contributed by atoms with Crippen LogP contribution in [0.25, 0.3) is 0 Å². The number of esters is 4. The van der Waals surface area contributed by atoms with Crippen molar-refractivity contribution in [1.82, 2.24) is 0 Å². The second kappa shape index (κ2) is 15.1. The zero-order valence-corrected chi connectivity index (χ0v) is 28.9. The summed E-state index contributed by atoms with van der Waals surface area (Å²) >= 11 is -0.759. The molecule has 1 N–H and O–H groups in total. The summed E-state index contributed by atoms with van der Waals surface area (Å²) in [4.78, 5) is 73.9. The molecule has 19 nitrogen and oxygen atoms in total. The first-order valence-corrected chi connectivity index (χ1v) is 18.1. The third kappa shape index (κ3) is 7.28. The van der Waals surface area contributed by atoms with Crippen LogP contribution in [0.15, 0.2) is 49.6 Å². The van der Waals surface area contributed by atoms with E-state index in [0.717, 1.165) is 10.5 Å². The standard InChI is InChI=1S/C32H28IO19/c1-2-33-52-32(40)18-8-7-17(47-18)31(39)51-22-12-44-25-21(11-43-26(22)25)50-30(38)16-6-5-15(46-16)29(37)49-20-10-42-23-19(9-41-24(20)23)48-28(36)14-4-3-13(45-14)27(34)35/h3-8,19-26H,2,9-12H2,1H3,(H,34,35)/q-1/t19-,20+,21+,22-,23?,24?,25?,26?/m0/s1. The average Bonchev–Trinajstić information content (AvgIpc) is 3.97. The Bertz CT molecular complexity index is 1860. The topological polar surface area (TPSA) is 245 Å². The molecule has 4 saturated heterocycles. The fourth-order valence-corrected chi connectivity index (χ4v) is 6.68. The van der Waals surface area contributed by atoms with Gasteiger partial charge < -0.3 is 32.9 Å². The van der Waals surface area contributed by atoms with Crippen LogP contribution in [0.5, 0.6) is 0 Å². The Kier molecular flexibility index (Phi) is 10.3. The molecule has 8 atom stereocenters. The molecule has 7 heterocycles. The van der Waals surface area contributed by atoms with E-state index in [9.17, 15) is 28.8 Å². The molecule has 278 valence electrons. The Morgan fingerprint density at radius 2 is 0.827 bits per heavy atom. The van der Waals surface area contributed by atoms with Crippen molar-refractivity contribution in [2.45, 2.75) is 55.8 Å². The summed E-state index contributed by atoms with van der Waals surface area (Å²) < 4.78 is 66.1. The van der Waals surface area contributed by atoms with Crippen molar-refractivity contribution >= 4 is 35.8 Å². The number of hydrogen-bond donors (Lipinski definition) is 1. The van der Waals surface area contributed by atoms with Crippen LogP contribution in [0.4, 0.5) is 0 Å². The molecular weight excluding hydrogens is 815 g/mol. The van der Waals surface area contributed by atoms with Gasteiger partial charge in [-0.05, 0) is 24.3 Å². The van der Waals surface area contributed by atoms with E-state index in [4.69, 9.17) is 59.3 Å². The van der Waals surface area contributed by atoms with Crippen molar-refractivity contribution in [2.24, 2.45) is 0 Å². The summed E-state index contributed by atoms with van der Waals surface area (Å²) in [5.74, 6) is -7.31. The molecular formula is C32H28IO19-. The molecule has 0 aromatic carbocycles. The van der Waals surface area contributed by atoms with E-state index >= 15 is 0 Å². The van der Waals surface area contributed by atoms with Crippen LogP contribution in [-0.2, 0) is 41.0 Å². The predicted octanol–water partition coefficient (Wildman–Crippen LogP) is -1.56. The summed E-state index contributed by atoms with van der Waals surface area (Å²) in [6.07, 6.45) is -6.64. The van der Waals surface area contributed by atoms with Crippen molar-refractivity contribution in [1.29, 1.82) is 0 Å². The molecule has 4 fully saturated rings. The van der Waals surface area contributed by atoms with Gasteiger partial charge in [0.05, 0.1) is 13.2 Å². The Labute approximate surface area is 302 Å². The van der Waals surface area contributed by atoms with Crippen LogP contribution in [0, 0.1) is 0 Å². The zero-order valence-electron chi connectivity index (χ0n) is 26.8. The van der Waals surface area contributed by atoms with Gasteiger partial charge in [-0.2, -0.15) is 0 Å². The van der Waals surface area contributed by atoms with E-state index in [1.807, 2.05) is 6.92 Å². The van der Waals surface area contributed by atoms with Crippen molar-refractivity contribution in [3.05, 3.63) is 71.0 Å². The van der Waals surface area contributed by atoms with Gasteiger partial charge in [-0.1, -0.05) is 0 Å². The number of carboxylic acid groups (broad SMARTS) is 1. The van der Waals surface area contributed by atoms with Crippen molar-refractivity contribution in [3.63, 3.8) is 0 Å². The maximum atomic E-state index is 12.9. The zero-order chi connectivity index (χ0) is 36.5. The van der Waals surface area contributed by atoms with Gasteiger partial charge in [0.2, 0.25) is 23.0 Å². The van der Waals surface area contributed by atoms with Crippen molar-refractivity contribution in [3.8, 4) is 0 Å². The molecule has 4 aliphatic heterocycles. The first kappa shape index (κ1) is 35.6. The van der Waals surface area contributed by atoms with Gasteiger partial charge in [-0.15, -0.1) is 0 Å². The number of alkyl halides is 1. The van der Waals surface area contributed by atoms with E-state index in [1.165, 1.54) is 30.3 Å². The van der Waals surface area contributed by atoms with E-state index in [2.05, 4.69) is 0 Å². The quantitative estimate of drug-likeness (QED) is 0.0938. The first-order valence-electron chi connectivity index (χ1n) is 15.7. The number of rotatable bonds is 12. The SMILES string of the molecule is CC[I-]OC(=O)c1ccc(C(=O)O[C@H]2COC3C2OC[C@H]3OC(=O)c2ccc(C(=O)O[C@@H]3COC4C3OC[C@@H]4OC(=O)c3ccc(C(=O)O)o3)o2)o1. The van der Waals surface area contributed by atoms with Crippen LogP contribution < -0.4 is 21.6 Å². The number of halogens is 1. The number of carbonyl (C=O) groups is 6. The Balaban J connectivity index is 0.875. The average molecular weight is 843 g/mol. The predicted molar refractivity (Wildman–Crippen MR) is 155 cm³/mol. The normalized spacial score (nSPS) is 27.5. The third-order valence-corrected chi connectivity index (χ3v) is 9.56. The van der Waals surface area contributed by atoms with Crippen molar-refractivity contribution < 1.29 is 110 Å². The molecule has 0 aliphatic carbocycles. The van der Waals surface area contributed by atoms with Crippen molar-refractivity contribution in [2.75, 3.05) is 30.9 Å². The Morgan fingerprint density at radius 3 is 1.12 bits per heavy atom. The van der Waals surface area contributed by atoms with Crippen LogP contribution in [0.3, 0.4) is 0 Å². The monoisotopic (exact) mass is 843 g/mol. The summed E-state index contributed by atoms with van der Waals surface area (Å²) in [7, 11) is 0. The van der Waals surface area contributed by atoms with E-state index < -0.39 is 112 Å². The summed E-state index contributed by atoms with van der Waals surface area (Å²) in [5.41, 5.74) is 0. The van der Waals surface area contributed by atoms with Gasteiger partial charge >= 0.3 is 166 Å². The summed E-state index contributed by atoms with van der Waals surface area (Å²) in [6, 6.07) is 7.35. The van der Waals surface area contributed by atoms with Gasteiger partial charge in [0, 0.05) is 0 Å². The second-order valence-electron chi connectivity index (χ2n) is 11.5. The number of fused-ring (bicyclic) bond motifs is 2. The molecule has 4 aliphatic rings. The molecule has 20 heteroatoms. The molecule has 0 saturated carbocycles. The number of carbonyl (C=O) groups excluding carboxylic acids is 5. The van der Waals surface area contributed by atoms with Crippen LogP contribution in [0.1, 0.15) is 70.3 Å². The minimum absolute atomic E-state index is 0.0559. The molecule has 0 bridgehead atoms. The summed E-state index contributed by atoms with van der Waals surface area (Å²) in [6.45, 7) is 1.58. The molecule has 0 radical (unpaired) electrons. The van der Waals surface area contributed by atoms with E-state index in [1.54, 1.807) is 0 Å². The van der Waals surface area contributed by atoms with Gasteiger partial charge in [0.1, 0.15) is 12.2 Å². The van der Waals surface area contributed by atoms with Crippen LogP contribution in [-0.4, -0.2) is 121 Å². The Morgan fingerprint density at radius 1 is 0.538 bits per heavy atom. The molecule has 52 heavy (non-hydrogen) atoms. The van der Waals surface area contributed by atoms with Crippen LogP contribution in [0.2, 0.25) is 0 Å². The number of furan rings is 3. The Hall–Kier alpha value is -4.77. The fourth-order valence-electron chi connectivity index (χ4n) is 5.86. The number of carboxylic acids is 1. The molecule has 3 aromatic heterocycles. The summed E-state index contributed by atoms with van der Waals surface area (Å²) in [5, 5.41) is 8.98. The second-order valence-corrected chi connectivity index (χ2v) is 14.1. The molecule has 0 spiro atoms. The number of ether oxygens (including phenoxy) is 8. The number of hydrogen-bond acceptors (Lipinski definition) is 18. The molecule has 3 aromatic rings. The van der Waals surface area contributed by atoms with Gasteiger partial charge in [0.25, 0.3) is 0 Å². The maximum absolute atomic E-state index is 12.9. The first-order chi connectivity index (χ1) is 25.1. The van der Waals surface area contributed by atoms with Crippen LogP contribution >= 0.6 is 0 Å². The van der Waals surface area contributed by atoms with E-state index in [0.29, 0.717) is 0 Å². The van der Waals surface area contributed by atoms with Gasteiger partial charge in [-0.25, -0.2) is 19.2 Å². The fraction of sp³-hybridized carbons (Fsp3) is 0.438. The minimum atomic E-state index is -1.35. The molecule has 0 amide bonds. The van der Waals surface area contributed by atoms with E-state index in [-0.39, 0.29) is 55.2 Å². The number of aromatic carboxylic acids is 1. The van der Waals surface area contributed by atoms with Gasteiger partial charge in [0.15, 0.2) is 12.2 Å². The molecule has 7 rings (SSSR count).